The van der Waals surface area contributed by atoms with E-state index >= 15 is 0 Å². The third-order valence-electron chi connectivity index (χ3n) is 9.74. The lowest BCUT2D eigenvalue weighted by Crippen LogP contribution is -2.12. The minimum Gasteiger partial charge on any atom is -0.258 e. The van der Waals surface area contributed by atoms with Gasteiger partial charge in [0.05, 0.1) is 0 Å². The molecule has 2 aromatic heterocycles. The number of aryl methyl sites for hydroxylation is 2. The van der Waals surface area contributed by atoms with Crippen LogP contribution in [0, 0.1) is 13.8 Å². The van der Waals surface area contributed by atoms with Crippen molar-refractivity contribution in [2.24, 2.45) is 0 Å². The van der Waals surface area contributed by atoms with Gasteiger partial charge < -0.3 is 0 Å². The highest BCUT2D eigenvalue weighted by Crippen LogP contribution is 2.48. The Morgan fingerprint density at radius 1 is 0.480 bits per heavy atom. The first-order chi connectivity index (χ1) is 24.6. The van der Waals surface area contributed by atoms with Gasteiger partial charge in [-0.25, -0.2) is 15.0 Å². The molecular formula is C46H38N4. The van der Waals surface area contributed by atoms with Gasteiger partial charge in [-0.2, -0.15) is 0 Å². The Morgan fingerprint density at radius 2 is 1.04 bits per heavy atom. The predicted molar refractivity (Wildman–Crippen MR) is 205 cm³/mol. The van der Waals surface area contributed by atoms with Gasteiger partial charge in [0, 0.05) is 28.4 Å². The predicted octanol–water partition coefficient (Wildman–Crippen LogP) is 11.0. The first-order valence-electron chi connectivity index (χ1n) is 17.4. The van der Waals surface area contributed by atoms with Gasteiger partial charge in [0.15, 0.2) is 17.5 Å². The highest BCUT2D eigenvalue weighted by atomic mass is 15.0. The molecule has 1 unspecified atom stereocenters. The van der Waals surface area contributed by atoms with Gasteiger partial charge in [0.25, 0.3) is 0 Å². The topological polar surface area (TPSA) is 51.6 Å². The van der Waals surface area contributed by atoms with E-state index in [0.717, 1.165) is 53.2 Å². The van der Waals surface area contributed by atoms with Gasteiger partial charge in [-0.05, 0) is 89.8 Å². The van der Waals surface area contributed by atoms with E-state index in [1.807, 2.05) is 38.1 Å². The Balaban J connectivity index is 1.23. The zero-order valence-electron chi connectivity index (χ0n) is 28.4. The second kappa shape index (κ2) is 13.9. The fraction of sp³-hybridized carbons (Fsp3) is 0.130. The number of allylic oxidation sites excluding steroid dienone is 8. The second-order valence-corrected chi connectivity index (χ2v) is 13.0. The molecule has 2 heterocycles. The quantitative estimate of drug-likeness (QED) is 0.173. The molecule has 0 fully saturated rings. The van der Waals surface area contributed by atoms with Crippen LogP contribution in [0.5, 0.6) is 0 Å². The first-order valence-corrected chi connectivity index (χ1v) is 17.4. The molecule has 242 valence electrons. The van der Waals surface area contributed by atoms with Gasteiger partial charge in [-0.15, -0.1) is 0 Å². The molecule has 0 radical (unpaired) electrons. The summed E-state index contributed by atoms with van der Waals surface area (Å²) in [5.74, 6) is 2.28. The minimum absolute atomic E-state index is 0.228. The number of rotatable bonds is 7. The molecule has 0 aliphatic heterocycles. The Labute approximate surface area is 294 Å². The van der Waals surface area contributed by atoms with Crippen LogP contribution in [0.4, 0.5) is 0 Å². The van der Waals surface area contributed by atoms with Gasteiger partial charge in [-0.1, -0.05) is 140 Å². The maximum absolute atomic E-state index is 5.05. The fourth-order valence-electron chi connectivity index (χ4n) is 7.22. The fourth-order valence-corrected chi connectivity index (χ4v) is 7.22. The van der Waals surface area contributed by atoms with Crippen molar-refractivity contribution in [1.82, 2.24) is 19.9 Å². The lowest BCUT2D eigenvalue weighted by atomic mass is 9.72. The lowest BCUT2D eigenvalue weighted by Gasteiger charge is -2.31. The van der Waals surface area contributed by atoms with Crippen LogP contribution in [-0.2, 0) is 0 Å². The van der Waals surface area contributed by atoms with E-state index in [1.165, 1.54) is 39.0 Å². The standard InChI is InChI=1S/C46H38N4/c1-31-23-28-40(32(2)47-31)46-49-44(37-21-13-6-14-22-37)48-45(50-46)38-26-24-33(25-27-38)39-29-41(34-15-7-3-8-16-34)43(36-19-11-5-12-20-36)42(30-39)35-17-9-4-10-18-35/h3-24,26,28-29,42H,25,27,30H2,1-2H3. The molecule has 4 heteroatoms. The van der Waals surface area contributed by atoms with Gasteiger partial charge >= 0.3 is 0 Å². The van der Waals surface area contributed by atoms with Crippen molar-refractivity contribution in [3.05, 3.63) is 197 Å². The van der Waals surface area contributed by atoms with Crippen molar-refractivity contribution >= 4 is 16.7 Å². The molecule has 8 rings (SSSR count). The highest BCUT2D eigenvalue weighted by Gasteiger charge is 2.29. The number of nitrogens with zero attached hydrogens (tertiary/aromatic N) is 4. The first kappa shape index (κ1) is 31.3. The largest absolute Gasteiger partial charge is 0.258 e. The van der Waals surface area contributed by atoms with Crippen LogP contribution in [0.25, 0.3) is 39.5 Å². The third-order valence-corrected chi connectivity index (χ3v) is 9.74. The number of pyridine rings is 1. The lowest BCUT2D eigenvalue weighted by molar-refractivity contribution is 0.819. The summed E-state index contributed by atoms with van der Waals surface area (Å²) in [5.41, 5.74) is 14.2. The SMILES string of the molecule is Cc1ccc(-c2nc(C3=CC=C(C4=CC(c5ccccc5)=C(c5ccccc5)C(c5ccccc5)C4)CC3)nc(-c3ccccc3)n2)c(C)n1. The summed E-state index contributed by atoms with van der Waals surface area (Å²) >= 11 is 0. The van der Waals surface area contributed by atoms with Crippen LogP contribution >= 0.6 is 0 Å². The molecule has 2 aliphatic rings. The van der Waals surface area contributed by atoms with Crippen molar-refractivity contribution < 1.29 is 0 Å². The Bertz CT molecular complexity index is 2280. The van der Waals surface area contributed by atoms with Crippen LogP contribution in [0.1, 0.15) is 59.1 Å². The van der Waals surface area contributed by atoms with E-state index in [9.17, 15) is 0 Å². The summed E-state index contributed by atoms with van der Waals surface area (Å²) < 4.78 is 0. The summed E-state index contributed by atoms with van der Waals surface area (Å²) in [6, 6.07) is 47.0. The average molecular weight is 647 g/mol. The molecule has 0 amide bonds. The van der Waals surface area contributed by atoms with Crippen molar-refractivity contribution in [2.45, 2.75) is 39.0 Å². The molecule has 0 saturated carbocycles. The Hall–Kier alpha value is -6.00. The summed E-state index contributed by atoms with van der Waals surface area (Å²) in [6.07, 6.45) is 9.67. The van der Waals surface area contributed by atoms with Crippen LogP contribution < -0.4 is 0 Å². The number of hydrogen-bond donors (Lipinski definition) is 0. The monoisotopic (exact) mass is 646 g/mol. The molecule has 0 saturated heterocycles. The second-order valence-electron chi connectivity index (χ2n) is 13.0. The molecular weight excluding hydrogens is 609 g/mol. The van der Waals surface area contributed by atoms with Crippen LogP contribution in [0.3, 0.4) is 0 Å². The van der Waals surface area contributed by atoms with Crippen molar-refractivity contribution in [1.29, 1.82) is 0 Å². The summed E-state index contributed by atoms with van der Waals surface area (Å²) in [5, 5.41) is 0. The third kappa shape index (κ3) is 6.40. The van der Waals surface area contributed by atoms with Crippen molar-refractivity contribution in [3.63, 3.8) is 0 Å². The van der Waals surface area contributed by atoms with E-state index in [-0.39, 0.29) is 5.92 Å². The number of benzene rings is 4. The molecule has 6 aromatic rings. The van der Waals surface area contributed by atoms with Crippen molar-refractivity contribution in [2.75, 3.05) is 0 Å². The molecule has 0 N–H and O–H groups in total. The molecule has 0 spiro atoms. The van der Waals surface area contributed by atoms with Crippen molar-refractivity contribution in [3.8, 4) is 22.8 Å². The minimum atomic E-state index is 0.228. The molecule has 0 bridgehead atoms. The van der Waals surface area contributed by atoms with E-state index < -0.39 is 0 Å². The van der Waals surface area contributed by atoms with Crippen LogP contribution in [0.2, 0.25) is 0 Å². The molecule has 50 heavy (non-hydrogen) atoms. The molecule has 4 nitrogen and oxygen atoms in total. The number of hydrogen-bond acceptors (Lipinski definition) is 4. The summed E-state index contributed by atoms with van der Waals surface area (Å²) in [4.78, 5) is 19.7. The Morgan fingerprint density at radius 3 is 1.68 bits per heavy atom. The van der Waals surface area contributed by atoms with Gasteiger partial charge in [-0.3, -0.25) is 4.98 Å². The van der Waals surface area contributed by atoms with Crippen LogP contribution in [0.15, 0.2) is 163 Å². The van der Waals surface area contributed by atoms with E-state index in [4.69, 9.17) is 19.9 Å². The summed E-state index contributed by atoms with van der Waals surface area (Å²) in [7, 11) is 0. The smallest absolute Gasteiger partial charge is 0.165 e. The van der Waals surface area contributed by atoms with Crippen LogP contribution in [-0.4, -0.2) is 19.9 Å². The number of aromatic nitrogens is 4. The van der Waals surface area contributed by atoms with E-state index in [0.29, 0.717) is 11.6 Å². The molecule has 2 aliphatic carbocycles. The molecule has 1 atom stereocenters. The molecule has 4 aromatic carbocycles. The highest BCUT2D eigenvalue weighted by molar-refractivity contribution is 6.00. The van der Waals surface area contributed by atoms with Gasteiger partial charge in [0.1, 0.15) is 0 Å². The van der Waals surface area contributed by atoms with E-state index in [2.05, 4.69) is 127 Å². The maximum Gasteiger partial charge on any atom is 0.165 e. The zero-order valence-corrected chi connectivity index (χ0v) is 28.4. The average Bonchev–Trinajstić information content (AvgIpc) is 3.18. The van der Waals surface area contributed by atoms with E-state index in [1.54, 1.807) is 0 Å². The van der Waals surface area contributed by atoms with Gasteiger partial charge in [0.2, 0.25) is 0 Å². The maximum atomic E-state index is 5.05. The normalized spacial score (nSPS) is 16.0. The Kier molecular flexibility index (Phi) is 8.67. The zero-order chi connectivity index (χ0) is 33.9. The summed E-state index contributed by atoms with van der Waals surface area (Å²) in [6.45, 7) is 4.03.